The number of phenolic OH excluding ortho intramolecular Hbond substituents is 1. The van der Waals surface area contributed by atoms with Crippen molar-refractivity contribution in [2.24, 2.45) is 0 Å². The van der Waals surface area contributed by atoms with Gasteiger partial charge in [-0.2, -0.15) is 0 Å². The summed E-state index contributed by atoms with van der Waals surface area (Å²) in [4.78, 5) is 0. The van der Waals surface area contributed by atoms with E-state index in [0.29, 0.717) is 31.2 Å². The van der Waals surface area contributed by atoms with Crippen molar-refractivity contribution in [2.75, 3.05) is 34.2 Å². The van der Waals surface area contributed by atoms with E-state index in [0.717, 1.165) is 5.56 Å². The van der Waals surface area contributed by atoms with Crippen LogP contribution in [0.25, 0.3) is 0 Å². The molecular weight excluding hydrogens is 250 g/mol. The third-order valence-electron chi connectivity index (χ3n) is 2.95. The van der Waals surface area contributed by atoms with Gasteiger partial charge in [-0.25, -0.2) is 0 Å². The molecule has 1 aliphatic rings. The van der Waals surface area contributed by atoms with E-state index in [-0.39, 0.29) is 18.6 Å². The minimum Gasteiger partial charge on any atom is -0.507 e. The molecule has 1 aromatic rings. The first kappa shape index (κ1) is 13.9. The zero-order valence-electron chi connectivity index (χ0n) is 11.1. The van der Waals surface area contributed by atoms with E-state index < -0.39 is 0 Å². The van der Waals surface area contributed by atoms with E-state index in [4.69, 9.17) is 18.9 Å². The Morgan fingerprint density at radius 1 is 1.32 bits per heavy atom. The van der Waals surface area contributed by atoms with Crippen molar-refractivity contribution in [1.82, 2.24) is 5.32 Å². The summed E-state index contributed by atoms with van der Waals surface area (Å²) in [6, 6.07) is 3.35. The van der Waals surface area contributed by atoms with Crippen LogP contribution in [0.4, 0.5) is 0 Å². The Labute approximate surface area is 112 Å². The third kappa shape index (κ3) is 3.50. The van der Waals surface area contributed by atoms with Crippen molar-refractivity contribution >= 4 is 0 Å². The summed E-state index contributed by atoms with van der Waals surface area (Å²) in [5.74, 6) is 1.43. The third-order valence-corrected chi connectivity index (χ3v) is 2.95. The van der Waals surface area contributed by atoms with Crippen molar-refractivity contribution in [1.29, 1.82) is 0 Å². The first-order valence-corrected chi connectivity index (χ1v) is 6.08. The summed E-state index contributed by atoms with van der Waals surface area (Å²) < 4.78 is 20.7. The van der Waals surface area contributed by atoms with Crippen LogP contribution in [-0.2, 0) is 16.0 Å². The minimum absolute atomic E-state index is 0.0128. The number of hydrogen-bond acceptors (Lipinski definition) is 6. The smallest absolute Gasteiger partial charge is 0.231 e. The number of ether oxygens (including phenoxy) is 4. The number of hydrogen-bond donors (Lipinski definition) is 2. The van der Waals surface area contributed by atoms with Crippen LogP contribution >= 0.6 is 0 Å². The molecule has 0 bridgehead atoms. The van der Waals surface area contributed by atoms with E-state index in [1.807, 2.05) is 0 Å². The molecule has 106 valence electrons. The van der Waals surface area contributed by atoms with Gasteiger partial charge >= 0.3 is 0 Å². The highest BCUT2D eigenvalue weighted by Crippen LogP contribution is 2.37. The lowest BCUT2D eigenvalue weighted by Crippen LogP contribution is -2.31. The van der Waals surface area contributed by atoms with Gasteiger partial charge in [-0.05, 0) is 6.07 Å². The quantitative estimate of drug-likeness (QED) is 0.765. The van der Waals surface area contributed by atoms with Gasteiger partial charge in [0.1, 0.15) is 5.75 Å². The number of phenols is 1. The van der Waals surface area contributed by atoms with E-state index in [2.05, 4.69) is 5.32 Å². The fraction of sp³-hybridized carbons (Fsp3) is 0.538. The predicted molar refractivity (Wildman–Crippen MR) is 68.6 cm³/mol. The number of fused-ring (bicyclic) bond motifs is 1. The summed E-state index contributed by atoms with van der Waals surface area (Å²) in [6.07, 6.45) is -0.0128. The zero-order valence-corrected chi connectivity index (χ0v) is 11.1. The fourth-order valence-electron chi connectivity index (χ4n) is 1.88. The fourth-order valence-corrected chi connectivity index (χ4v) is 1.88. The Bertz CT molecular complexity index is 424. The second-order valence-electron chi connectivity index (χ2n) is 4.28. The van der Waals surface area contributed by atoms with Crippen molar-refractivity contribution in [3.63, 3.8) is 0 Å². The molecule has 2 rings (SSSR count). The molecule has 1 atom stereocenters. The molecule has 1 unspecified atom stereocenters. The summed E-state index contributed by atoms with van der Waals surface area (Å²) in [5.41, 5.74) is 0.761. The van der Waals surface area contributed by atoms with E-state index in [9.17, 15) is 5.11 Å². The van der Waals surface area contributed by atoms with E-state index >= 15 is 0 Å². The van der Waals surface area contributed by atoms with Crippen LogP contribution in [-0.4, -0.2) is 45.4 Å². The molecule has 6 nitrogen and oxygen atoms in total. The van der Waals surface area contributed by atoms with Crippen molar-refractivity contribution in [2.45, 2.75) is 12.6 Å². The van der Waals surface area contributed by atoms with E-state index in [1.165, 1.54) is 0 Å². The maximum Gasteiger partial charge on any atom is 0.231 e. The molecule has 0 saturated heterocycles. The van der Waals surface area contributed by atoms with Crippen LogP contribution in [0, 0.1) is 0 Å². The Kier molecular flexibility index (Phi) is 4.84. The molecule has 0 spiro atoms. The topological polar surface area (TPSA) is 69.2 Å². The SMILES string of the molecule is COCC(CNCc1cc2c(cc1O)OCO2)OC. The highest BCUT2D eigenvalue weighted by atomic mass is 16.7. The van der Waals surface area contributed by atoms with Crippen molar-refractivity contribution in [3.8, 4) is 17.2 Å². The first-order valence-electron chi connectivity index (χ1n) is 6.08. The molecule has 2 N–H and O–H groups in total. The summed E-state index contributed by atoms with van der Waals surface area (Å²) in [7, 11) is 3.28. The Balaban J connectivity index is 1.89. The minimum atomic E-state index is -0.0128. The first-order chi connectivity index (χ1) is 9.24. The van der Waals surface area contributed by atoms with Gasteiger partial charge in [0.2, 0.25) is 6.79 Å². The lowest BCUT2D eigenvalue weighted by Gasteiger charge is -2.15. The van der Waals surface area contributed by atoms with Gasteiger partial charge in [-0.15, -0.1) is 0 Å². The molecule has 0 aromatic heterocycles. The Morgan fingerprint density at radius 2 is 2.05 bits per heavy atom. The maximum absolute atomic E-state index is 9.87. The second kappa shape index (κ2) is 6.60. The lowest BCUT2D eigenvalue weighted by atomic mass is 10.1. The molecule has 0 radical (unpaired) electrons. The zero-order chi connectivity index (χ0) is 13.7. The van der Waals surface area contributed by atoms with Crippen LogP contribution < -0.4 is 14.8 Å². The number of nitrogens with one attached hydrogen (secondary N) is 1. The number of methoxy groups -OCH3 is 2. The largest absolute Gasteiger partial charge is 0.507 e. The van der Waals surface area contributed by atoms with Crippen LogP contribution in [0.15, 0.2) is 12.1 Å². The van der Waals surface area contributed by atoms with Gasteiger partial charge in [-0.1, -0.05) is 0 Å². The molecule has 0 saturated carbocycles. The van der Waals surface area contributed by atoms with Crippen molar-refractivity contribution < 1.29 is 24.1 Å². The molecule has 0 aliphatic carbocycles. The normalized spacial score (nSPS) is 14.6. The highest BCUT2D eigenvalue weighted by Gasteiger charge is 2.17. The van der Waals surface area contributed by atoms with Crippen LogP contribution in [0.5, 0.6) is 17.2 Å². The van der Waals surface area contributed by atoms with Crippen LogP contribution in [0.2, 0.25) is 0 Å². The Hall–Kier alpha value is -1.50. The van der Waals surface area contributed by atoms with Crippen molar-refractivity contribution in [3.05, 3.63) is 17.7 Å². The predicted octanol–water partition coefficient (Wildman–Crippen LogP) is 0.872. The molecule has 1 aromatic carbocycles. The molecule has 0 fully saturated rings. The number of rotatable bonds is 7. The monoisotopic (exact) mass is 269 g/mol. The van der Waals surface area contributed by atoms with Gasteiger partial charge in [0.05, 0.1) is 12.7 Å². The molecule has 1 heterocycles. The molecule has 6 heteroatoms. The van der Waals surface area contributed by atoms with E-state index in [1.54, 1.807) is 26.4 Å². The maximum atomic E-state index is 9.87. The van der Waals surface area contributed by atoms with Gasteiger partial charge in [0.25, 0.3) is 0 Å². The molecular formula is C13H19NO5. The van der Waals surface area contributed by atoms with Gasteiger partial charge in [0.15, 0.2) is 11.5 Å². The highest BCUT2D eigenvalue weighted by molar-refractivity contribution is 5.51. The van der Waals surface area contributed by atoms with Gasteiger partial charge in [-0.3, -0.25) is 0 Å². The lowest BCUT2D eigenvalue weighted by molar-refractivity contribution is 0.0287. The molecule has 1 aliphatic heterocycles. The Morgan fingerprint density at radius 3 is 2.74 bits per heavy atom. The summed E-state index contributed by atoms with van der Waals surface area (Å²) >= 11 is 0. The summed E-state index contributed by atoms with van der Waals surface area (Å²) in [6.45, 7) is 1.88. The number of benzene rings is 1. The second-order valence-corrected chi connectivity index (χ2v) is 4.28. The number of aromatic hydroxyl groups is 1. The van der Waals surface area contributed by atoms with Gasteiger partial charge < -0.3 is 29.4 Å². The average molecular weight is 269 g/mol. The average Bonchev–Trinajstić information content (AvgIpc) is 2.84. The van der Waals surface area contributed by atoms with Crippen LogP contribution in [0.3, 0.4) is 0 Å². The standard InChI is InChI=1S/C13H19NO5/c1-16-7-10(17-2)6-14-5-9-3-12-13(4-11(9)15)19-8-18-12/h3-4,10,14-15H,5-8H2,1-2H3. The molecule has 0 amide bonds. The molecule has 19 heavy (non-hydrogen) atoms. The van der Waals surface area contributed by atoms with Gasteiger partial charge in [0, 0.05) is 38.9 Å². The summed E-state index contributed by atoms with van der Waals surface area (Å²) in [5, 5.41) is 13.1. The van der Waals surface area contributed by atoms with Crippen LogP contribution in [0.1, 0.15) is 5.56 Å².